The van der Waals surface area contributed by atoms with Crippen LogP contribution in [0, 0.1) is 6.92 Å². The Morgan fingerprint density at radius 1 is 1.46 bits per heavy atom. The van der Waals surface area contributed by atoms with E-state index < -0.39 is 0 Å². The predicted octanol–water partition coefficient (Wildman–Crippen LogP) is 0.894. The minimum atomic E-state index is 0.519. The topological polar surface area (TPSA) is 63.8 Å². The number of hydrogen-bond donors (Lipinski definition) is 1. The fourth-order valence-corrected chi connectivity index (χ4v) is 1.74. The Morgan fingerprint density at radius 3 is 3.31 bits per heavy atom. The molecule has 3 heterocycles. The van der Waals surface area contributed by atoms with Crippen LogP contribution < -0.4 is 5.32 Å². The zero-order chi connectivity index (χ0) is 8.84. The Balaban J connectivity index is 2.45. The number of aryl methyl sites for hydroxylation is 1. The lowest BCUT2D eigenvalue weighted by atomic mass is 10.1. The van der Waals surface area contributed by atoms with Gasteiger partial charge in [0.05, 0.1) is 0 Å². The Bertz CT molecular complexity index is 476. The molecule has 3 rings (SSSR count). The van der Waals surface area contributed by atoms with Crippen LogP contribution in [0.4, 0.5) is 5.82 Å². The summed E-state index contributed by atoms with van der Waals surface area (Å²) < 4.78 is 4.91. The van der Waals surface area contributed by atoms with Crippen LogP contribution in [0.1, 0.15) is 11.1 Å². The van der Waals surface area contributed by atoms with Gasteiger partial charge in [-0.3, -0.25) is 0 Å². The summed E-state index contributed by atoms with van der Waals surface area (Å²) in [6, 6.07) is 0. The molecule has 0 atom stereocenters. The van der Waals surface area contributed by atoms with Crippen molar-refractivity contribution in [3.05, 3.63) is 11.1 Å². The van der Waals surface area contributed by atoms with Gasteiger partial charge in [-0.05, 0) is 18.9 Å². The van der Waals surface area contributed by atoms with Crippen LogP contribution in [0.15, 0.2) is 4.52 Å². The summed E-state index contributed by atoms with van der Waals surface area (Å²) >= 11 is 0. The van der Waals surface area contributed by atoms with Crippen LogP contribution in [0.3, 0.4) is 0 Å². The van der Waals surface area contributed by atoms with Gasteiger partial charge in [-0.1, -0.05) is 0 Å². The summed E-state index contributed by atoms with van der Waals surface area (Å²) in [5.74, 6) is 0.920. The Morgan fingerprint density at radius 2 is 2.38 bits per heavy atom. The summed E-state index contributed by atoms with van der Waals surface area (Å²) in [5.41, 5.74) is 3.67. The van der Waals surface area contributed by atoms with E-state index in [4.69, 9.17) is 4.52 Å². The Hall–Kier alpha value is -1.65. The van der Waals surface area contributed by atoms with E-state index >= 15 is 0 Å². The molecule has 2 aromatic heterocycles. The highest BCUT2D eigenvalue weighted by atomic mass is 16.5. The molecular formula is C8H8N4O. The second kappa shape index (κ2) is 2.18. The van der Waals surface area contributed by atoms with Crippen molar-refractivity contribution in [3.8, 4) is 0 Å². The molecular weight excluding hydrogens is 168 g/mol. The first kappa shape index (κ1) is 6.82. The number of hydrogen-bond acceptors (Lipinski definition) is 5. The van der Waals surface area contributed by atoms with Gasteiger partial charge >= 0.3 is 0 Å². The van der Waals surface area contributed by atoms with Crippen LogP contribution in [0.5, 0.6) is 0 Å². The van der Waals surface area contributed by atoms with Crippen molar-refractivity contribution in [2.75, 3.05) is 11.9 Å². The minimum absolute atomic E-state index is 0.519. The number of nitrogens with zero attached hydrogens (tertiary/aromatic N) is 3. The van der Waals surface area contributed by atoms with E-state index in [-0.39, 0.29) is 0 Å². The molecule has 0 saturated carbocycles. The number of anilines is 1. The van der Waals surface area contributed by atoms with Gasteiger partial charge in [0, 0.05) is 17.4 Å². The summed E-state index contributed by atoms with van der Waals surface area (Å²) in [4.78, 5) is 4.27. The van der Waals surface area contributed by atoms with Crippen LogP contribution in [-0.2, 0) is 6.42 Å². The number of pyridine rings is 1. The molecule has 66 valence electrons. The van der Waals surface area contributed by atoms with Gasteiger partial charge in [-0.2, -0.15) is 4.98 Å². The second-order valence-electron chi connectivity index (χ2n) is 3.17. The van der Waals surface area contributed by atoms with Crippen LogP contribution in [0.2, 0.25) is 0 Å². The Kier molecular flexibility index (Phi) is 1.15. The maximum absolute atomic E-state index is 4.91. The van der Waals surface area contributed by atoms with Crippen molar-refractivity contribution in [1.82, 2.24) is 15.4 Å². The molecule has 0 aromatic carbocycles. The van der Waals surface area contributed by atoms with E-state index in [9.17, 15) is 0 Å². The molecule has 0 bridgehead atoms. The van der Waals surface area contributed by atoms with Crippen molar-refractivity contribution in [2.24, 2.45) is 0 Å². The van der Waals surface area contributed by atoms with Crippen molar-refractivity contribution in [1.29, 1.82) is 0 Å². The number of nitrogens with one attached hydrogen (secondary N) is 1. The molecule has 1 aliphatic rings. The van der Waals surface area contributed by atoms with Crippen molar-refractivity contribution < 1.29 is 4.52 Å². The first-order chi connectivity index (χ1) is 6.36. The average molecular weight is 176 g/mol. The highest BCUT2D eigenvalue weighted by Crippen LogP contribution is 2.27. The summed E-state index contributed by atoms with van der Waals surface area (Å²) in [7, 11) is 0. The van der Waals surface area contributed by atoms with Gasteiger partial charge < -0.3 is 9.84 Å². The van der Waals surface area contributed by atoms with Gasteiger partial charge in [0.1, 0.15) is 5.82 Å². The SMILES string of the molecule is Cc1c2c(nc3onnc13)NCC2. The van der Waals surface area contributed by atoms with Gasteiger partial charge in [0.15, 0.2) is 5.52 Å². The lowest BCUT2D eigenvalue weighted by Gasteiger charge is -2.00. The van der Waals surface area contributed by atoms with Crippen LogP contribution in [0.25, 0.3) is 11.2 Å². The number of fused-ring (bicyclic) bond motifs is 2. The maximum atomic E-state index is 4.91. The Labute approximate surface area is 74.1 Å². The van der Waals surface area contributed by atoms with E-state index in [2.05, 4.69) is 20.7 Å². The molecule has 0 radical (unpaired) electrons. The van der Waals surface area contributed by atoms with E-state index in [1.165, 1.54) is 5.56 Å². The van der Waals surface area contributed by atoms with E-state index in [0.29, 0.717) is 5.71 Å². The summed E-state index contributed by atoms with van der Waals surface area (Å²) in [6.45, 7) is 2.98. The lowest BCUT2D eigenvalue weighted by Crippen LogP contribution is -1.93. The monoisotopic (exact) mass is 176 g/mol. The van der Waals surface area contributed by atoms with Crippen LogP contribution >= 0.6 is 0 Å². The van der Waals surface area contributed by atoms with Crippen molar-refractivity contribution >= 4 is 17.0 Å². The van der Waals surface area contributed by atoms with Crippen molar-refractivity contribution in [2.45, 2.75) is 13.3 Å². The third-order valence-corrected chi connectivity index (χ3v) is 2.45. The molecule has 13 heavy (non-hydrogen) atoms. The molecule has 0 aliphatic carbocycles. The molecule has 2 aromatic rings. The minimum Gasteiger partial charge on any atom is -0.369 e. The highest BCUT2D eigenvalue weighted by molar-refractivity contribution is 5.77. The largest absolute Gasteiger partial charge is 0.369 e. The van der Waals surface area contributed by atoms with E-state index in [1.54, 1.807) is 0 Å². The number of rotatable bonds is 0. The third kappa shape index (κ3) is 0.783. The zero-order valence-electron chi connectivity index (χ0n) is 7.16. The van der Waals surface area contributed by atoms with Crippen LogP contribution in [-0.4, -0.2) is 21.9 Å². The molecule has 0 saturated heterocycles. The molecule has 5 heteroatoms. The second-order valence-corrected chi connectivity index (χ2v) is 3.17. The quantitative estimate of drug-likeness (QED) is 0.645. The van der Waals surface area contributed by atoms with Gasteiger partial charge in [0.25, 0.3) is 5.71 Å². The first-order valence-electron chi connectivity index (χ1n) is 4.21. The molecule has 0 unspecified atom stereocenters. The normalized spacial score (nSPS) is 14.5. The summed E-state index contributed by atoms with van der Waals surface area (Å²) in [5, 5.41) is 10.6. The standard InChI is InChI=1S/C8H8N4O/c1-4-5-2-3-9-7(5)10-8-6(4)11-12-13-8/h2-3H2,1H3,(H,9,10). The summed E-state index contributed by atoms with van der Waals surface area (Å²) in [6.07, 6.45) is 1.01. The van der Waals surface area contributed by atoms with Gasteiger partial charge in [-0.25, -0.2) is 0 Å². The fraction of sp³-hybridized carbons (Fsp3) is 0.375. The smallest absolute Gasteiger partial charge is 0.280 e. The highest BCUT2D eigenvalue weighted by Gasteiger charge is 2.19. The maximum Gasteiger partial charge on any atom is 0.280 e. The number of aromatic nitrogens is 3. The molecule has 1 N–H and O–H groups in total. The molecule has 0 amide bonds. The lowest BCUT2D eigenvalue weighted by molar-refractivity contribution is 0.418. The van der Waals surface area contributed by atoms with E-state index in [0.717, 1.165) is 29.9 Å². The third-order valence-electron chi connectivity index (χ3n) is 2.45. The fourth-order valence-electron chi connectivity index (χ4n) is 1.74. The van der Waals surface area contributed by atoms with Crippen molar-refractivity contribution in [3.63, 3.8) is 0 Å². The molecule has 1 aliphatic heterocycles. The molecule has 0 spiro atoms. The first-order valence-corrected chi connectivity index (χ1v) is 4.21. The van der Waals surface area contributed by atoms with E-state index in [1.807, 2.05) is 6.92 Å². The predicted molar refractivity (Wildman–Crippen MR) is 46.5 cm³/mol. The molecule has 5 nitrogen and oxygen atoms in total. The van der Waals surface area contributed by atoms with Gasteiger partial charge in [-0.15, -0.1) is 5.10 Å². The van der Waals surface area contributed by atoms with Gasteiger partial charge in [0.2, 0.25) is 0 Å². The average Bonchev–Trinajstić information content (AvgIpc) is 2.71. The molecule has 0 fully saturated rings. The zero-order valence-corrected chi connectivity index (χ0v) is 7.16.